The number of halogens is 1. The zero-order valence-corrected chi connectivity index (χ0v) is 10.4. The predicted molar refractivity (Wildman–Crippen MR) is 66.9 cm³/mol. The molecular weight excluding hydrogens is 307 g/mol. The van der Waals surface area contributed by atoms with Crippen LogP contribution in [0.5, 0.6) is 0 Å². The molecule has 0 heterocycles. The number of rotatable bonds is 3. The van der Waals surface area contributed by atoms with E-state index in [4.69, 9.17) is 0 Å². The van der Waals surface area contributed by atoms with Gasteiger partial charge in [-0.05, 0) is 47.2 Å². The quantitative estimate of drug-likeness (QED) is 0.528. The number of carbonyl (C=O) groups is 1. The highest BCUT2D eigenvalue weighted by Crippen LogP contribution is 2.04. The molecule has 0 saturated carbocycles. The third-order valence-electron chi connectivity index (χ3n) is 1.51. The number of nitrogens with zero attached hydrogens (tertiary/aromatic N) is 1. The minimum Gasteiger partial charge on any atom is -0.449 e. The summed E-state index contributed by atoms with van der Waals surface area (Å²) in [5.74, 6) is 0. The summed E-state index contributed by atoms with van der Waals surface area (Å²) in [5, 5.41) is 3.74. The van der Waals surface area contributed by atoms with Gasteiger partial charge < -0.3 is 4.74 Å². The lowest BCUT2D eigenvalue weighted by Crippen LogP contribution is -2.18. The zero-order valence-electron chi connectivity index (χ0n) is 8.24. The maximum absolute atomic E-state index is 10.8. The summed E-state index contributed by atoms with van der Waals surface area (Å²) in [5.41, 5.74) is 3.18. The lowest BCUT2D eigenvalue weighted by molar-refractivity contribution is 0.152. The van der Waals surface area contributed by atoms with Crippen molar-refractivity contribution in [1.29, 1.82) is 0 Å². The Kier molecular flexibility index (Phi) is 5.09. The van der Waals surface area contributed by atoms with Crippen LogP contribution in [0, 0.1) is 3.57 Å². The number of hydrogen-bond acceptors (Lipinski definition) is 3. The van der Waals surface area contributed by atoms with Crippen LogP contribution in [0.15, 0.2) is 29.4 Å². The van der Waals surface area contributed by atoms with Gasteiger partial charge >= 0.3 is 6.09 Å². The molecule has 0 aliphatic carbocycles. The van der Waals surface area contributed by atoms with Crippen molar-refractivity contribution in [3.05, 3.63) is 33.4 Å². The maximum Gasteiger partial charge on any atom is 0.427 e. The third kappa shape index (κ3) is 4.78. The highest BCUT2D eigenvalue weighted by Gasteiger charge is 1.95. The Morgan fingerprint density at radius 2 is 2.20 bits per heavy atom. The fraction of sp³-hybridized carbons (Fsp3) is 0.200. The van der Waals surface area contributed by atoms with Crippen molar-refractivity contribution in [3.8, 4) is 0 Å². The number of benzene rings is 1. The average Bonchev–Trinajstić information content (AvgIpc) is 2.21. The second-order valence-corrected chi connectivity index (χ2v) is 3.89. The van der Waals surface area contributed by atoms with Crippen LogP contribution in [0.1, 0.15) is 12.5 Å². The number of hydrazone groups is 1. The van der Waals surface area contributed by atoms with Gasteiger partial charge in [-0.15, -0.1) is 0 Å². The van der Waals surface area contributed by atoms with Crippen LogP contribution < -0.4 is 5.43 Å². The van der Waals surface area contributed by atoms with Gasteiger partial charge in [-0.3, -0.25) is 0 Å². The van der Waals surface area contributed by atoms with Crippen molar-refractivity contribution < 1.29 is 9.53 Å². The maximum atomic E-state index is 10.8. The fourth-order valence-corrected chi connectivity index (χ4v) is 1.23. The van der Waals surface area contributed by atoms with E-state index in [1.54, 1.807) is 13.1 Å². The van der Waals surface area contributed by atoms with Gasteiger partial charge in [0, 0.05) is 3.57 Å². The summed E-state index contributed by atoms with van der Waals surface area (Å²) in [7, 11) is 0. The summed E-state index contributed by atoms with van der Waals surface area (Å²) >= 11 is 2.22. The highest BCUT2D eigenvalue weighted by atomic mass is 127. The van der Waals surface area contributed by atoms with Crippen LogP contribution in [0.25, 0.3) is 0 Å². The van der Waals surface area contributed by atoms with E-state index in [2.05, 4.69) is 37.9 Å². The number of hydrogen-bond donors (Lipinski definition) is 1. The first-order valence-corrected chi connectivity index (χ1v) is 5.51. The Bertz CT molecular complexity index is 349. The van der Waals surface area contributed by atoms with Gasteiger partial charge in [0.2, 0.25) is 0 Å². The van der Waals surface area contributed by atoms with Crippen LogP contribution in [-0.4, -0.2) is 18.9 Å². The van der Waals surface area contributed by atoms with Crippen LogP contribution >= 0.6 is 22.6 Å². The summed E-state index contributed by atoms with van der Waals surface area (Å²) in [6.07, 6.45) is 1.02. The molecule has 4 nitrogen and oxygen atoms in total. The second-order valence-electron chi connectivity index (χ2n) is 2.64. The van der Waals surface area contributed by atoms with Gasteiger partial charge in [0.15, 0.2) is 0 Å². The Labute approximate surface area is 102 Å². The molecule has 1 aromatic rings. The molecular formula is C10H11IN2O2. The molecule has 0 bridgehead atoms. The first-order valence-electron chi connectivity index (χ1n) is 4.43. The van der Waals surface area contributed by atoms with Crippen LogP contribution in [0.2, 0.25) is 0 Å². The molecule has 1 aromatic carbocycles. The van der Waals surface area contributed by atoms with Crippen molar-refractivity contribution in [3.63, 3.8) is 0 Å². The molecule has 0 atom stereocenters. The van der Waals surface area contributed by atoms with Gasteiger partial charge in [-0.25, -0.2) is 10.2 Å². The lowest BCUT2D eigenvalue weighted by Gasteiger charge is -1.98. The van der Waals surface area contributed by atoms with E-state index in [1.165, 1.54) is 0 Å². The van der Waals surface area contributed by atoms with Crippen molar-refractivity contribution in [2.75, 3.05) is 6.61 Å². The standard InChI is InChI=1S/C10H11IN2O2/c1-2-15-10(14)13-12-7-8-3-5-9(11)6-4-8/h3-7H,2H2,1H3,(H,13,14). The van der Waals surface area contributed by atoms with Gasteiger partial charge in [0.1, 0.15) is 0 Å². The molecule has 80 valence electrons. The van der Waals surface area contributed by atoms with Gasteiger partial charge in [0.05, 0.1) is 12.8 Å². The summed E-state index contributed by atoms with van der Waals surface area (Å²) in [4.78, 5) is 10.8. The largest absolute Gasteiger partial charge is 0.449 e. The summed E-state index contributed by atoms with van der Waals surface area (Å²) in [6.45, 7) is 2.08. The number of carbonyl (C=O) groups excluding carboxylic acids is 1. The van der Waals surface area contributed by atoms with Crippen LogP contribution in [0.3, 0.4) is 0 Å². The van der Waals surface area contributed by atoms with Crippen molar-refractivity contribution in [2.24, 2.45) is 5.10 Å². The van der Waals surface area contributed by atoms with Gasteiger partial charge in [0.25, 0.3) is 0 Å². The van der Waals surface area contributed by atoms with E-state index >= 15 is 0 Å². The lowest BCUT2D eigenvalue weighted by atomic mass is 10.2. The molecule has 15 heavy (non-hydrogen) atoms. The first-order chi connectivity index (χ1) is 7.22. The highest BCUT2D eigenvalue weighted by molar-refractivity contribution is 14.1. The fourth-order valence-electron chi connectivity index (χ4n) is 0.872. The Hall–Kier alpha value is -1.11. The first kappa shape index (κ1) is 12.0. The van der Waals surface area contributed by atoms with E-state index in [-0.39, 0.29) is 0 Å². The molecule has 1 amide bonds. The number of nitrogens with one attached hydrogen (secondary N) is 1. The topological polar surface area (TPSA) is 50.7 Å². The smallest absolute Gasteiger partial charge is 0.427 e. The van der Waals surface area contributed by atoms with Gasteiger partial charge in [-0.2, -0.15) is 5.10 Å². The van der Waals surface area contributed by atoms with E-state index in [0.29, 0.717) is 6.61 Å². The van der Waals surface area contributed by atoms with Crippen molar-refractivity contribution in [2.45, 2.75) is 6.92 Å². The SMILES string of the molecule is CCOC(=O)NN=Cc1ccc(I)cc1. The van der Waals surface area contributed by atoms with Crippen molar-refractivity contribution >= 4 is 34.9 Å². The molecule has 0 fully saturated rings. The second kappa shape index (κ2) is 6.39. The van der Waals surface area contributed by atoms with E-state index < -0.39 is 6.09 Å². The molecule has 0 spiro atoms. The van der Waals surface area contributed by atoms with E-state index in [9.17, 15) is 4.79 Å². The molecule has 0 aromatic heterocycles. The Balaban J connectivity index is 2.44. The van der Waals surface area contributed by atoms with E-state index in [1.807, 2.05) is 24.3 Å². The number of amides is 1. The molecule has 1 N–H and O–H groups in total. The van der Waals surface area contributed by atoms with Crippen LogP contribution in [0.4, 0.5) is 4.79 Å². The normalized spacial score (nSPS) is 10.3. The molecule has 0 radical (unpaired) electrons. The number of ether oxygens (including phenoxy) is 1. The van der Waals surface area contributed by atoms with Gasteiger partial charge in [-0.1, -0.05) is 12.1 Å². The Morgan fingerprint density at radius 1 is 1.53 bits per heavy atom. The summed E-state index contributed by atoms with van der Waals surface area (Å²) in [6, 6.07) is 7.76. The monoisotopic (exact) mass is 318 g/mol. The minimum absolute atomic E-state index is 0.338. The summed E-state index contributed by atoms with van der Waals surface area (Å²) < 4.78 is 5.79. The molecule has 0 aliphatic rings. The third-order valence-corrected chi connectivity index (χ3v) is 2.23. The molecule has 5 heteroatoms. The molecule has 0 aliphatic heterocycles. The van der Waals surface area contributed by atoms with E-state index in [0.717, 1.165) is 9.13 Å². The average molecular weight is 318 g/mol. The van der Waals surface area contributed by atoms with Crippen molar-refractivity contribution in [1.82, 2.24) is 5.43 Å². The van der Waals surface area contributed by atoms with Crippen LogP contribution in [-0.2, 0) is 4.74 Å². The zero-order chi connectivity index (χ0) is 11.1. The predicted octanol–water partition coefficient (Wildman–Crippen LogP) is 2.37. The molecule has 0 unspecified atom stereocenters. The Morgan fingerprint density at radius 3 is 2.80 bits per heavy atom. The minimum atomic E-state index is -0.542. The molecule has 0 saturated heterocycles. The molecule has 1 rings (SSSR count).